The minimum Gasteiger partial charge on any atom is -0.395 e. The number of aliphatic hydroxyl groups is 1. The first-order valence-corrected chi connectivity index (χ1v) is 12.8. The first-order chi connectivity index (χ1) is 11.4. The Morgan fingerprint density at radius 1 is 0.478 bits per heavy atom. The molecule has 0 bridgehead atoms. The molecule has 0 aromatic rings. The molecular formula is C20H42OS2. The normalized spacial score (nSPS) is 11.2. The second kappa shape index (κ2) is 22.7. The van der Waals surface area contributed by atoms with E-state index in [1.165, 1.54) is 108 Å². The smallest absolute Gasteiger partial charge is 0.0530 e. The molecule has 0 heterocycles. The standard InChI is InChI=1S/C20H42OS2/c1-2-3-4-5-6-7-8-9-10-11-12-13-14-15-16-17-19-22-23-20-18-21/h21H,2-20H2,1H3. The van der Waals surface area contributed by atoms with Gasteiger partial charge >= 0.3 is 0 Å². The Balaban J connectivity index is 2.92. The van der Waals surface area contributed by atoms with Crippen molar-refractivity contribution in [2.75, 3.05) is 18.1 Å². The van der Waals surface area contributed by atoms with Gasteiger partial charge < -0.3 is 5.11 Å². The first kappa shape index (κ1) is 23.7. The molecule has 0 atom stereocenters. The molecule has 0 aliphatic rings. The molecule has 0 aromatic carbocycles. The second-order valence-corrected chi connectivity index (χ2v) is 9.37. The predicted molar refractivity (Wildman–Crippen MR) is 112 cm³/mol. The van der Waals surface area contributed by atoms with Crippen molar-refractivity contribution in [2.45, 2.75) is 110 Å². The Hall–Kier alpha value is 0.660. The van der Waals surface area contributed by atoms with Crippen LogP contribution in [0.3, 0.4) is 0 Å². The average molecular weight is 363 g/mol. The van der Waals surface area contributed by atoms with E-state index in [-0.39, 0.29) is 0 Å². The molecule has 3 heteroatoms. The van der Waals surface area contributed by atoms with E-state index in [2.05, 4.69) is 6.92 Å². The third kappa shape index (κ3) is 22.7. The third-order valence-electron chi connectivity index (χ3n) is 4.34. The van der Waals surface area contributed by atoms with Gasteiger partial charge in [-0.05, 0) is 6.42 Å². The van der Waals surface area contributed by atoms with E-state index in [0.29, 0.717) is 6.61 Å². The van der Waals surface area contributed by atoms with Crippen LogP contribution in [-0.2, 0) is 0 Å². The summed E-state index contributed by atoms with van der Waals surface area (Å²) in [5, 5.41) is 8.68. The van der Waals surface area contributed by atoms with Gasteiger partial charge in [0.25, 0.3) is 0 Å². The van der Waals surface area contributed by atoms with Gasteiger partial charge in [0.15, 0.2) is 0 Å². The molecule has 0 aromatic heterocycles. The molecule has 1 N–H and O–H groups in total. The summed E-state index contributed by atoms with van der Waals surface area (Å²) in [7, 11) is 3.73. The molecule has 140 valence electrons. The minimum absolute atomic E-state index is 0.316. The maximum absolute atomic E-state index is 8.68. The fourth-order valence-electron chi connectivity index (χ4n) is 2.86. The van der Waals surface area contributed by atoms with Crippen molar-refractivity contribution < 1.29 is 5.11 Å². The lowest BCUT2D eigenvalue weighted by molar-refractivity contribution is 0.323. The fourth-order valence-corrected chi connectivity index (χ4v) is 4.78. The summed E-state index contributed by atoms with van der Waals surface area (Å²) in [6, 6.07) is 0. The number of hydrogen-bond donors (Lipinski definition) is 1. The molecule has 1 nitrogen and oxygen atoms in total. The van der Waals surface area contributed by atoms with Gasteiger partial charge in [-0.2, -0.15) is 0 Å². The van der Waals surface area contributed by atoms with Gasteiger partial charge in [0.1, 0.15) is 0 Å². The Morgan fingerprint density at radius 3 is 1.22 bits per heavy atom. The SMILES string of the molecule is CCCCCCCCCCCCCCCCCCSSCCO. The van der Waals surface area contributed by atoms with Gasteiger partial charge in [0.05, 0.1) is 6.61 Å². The lowest BCUT2D eigenvalue weighted by Gasteiger charge is -2.03. The van der Waals surface area contributed by atoms with E-state index in [1.807, 2.05) is 21.6 Å². The quantitative estimate of drug-likeness (QED) is 0.178. The van der Waals surface area contributed by atoms with Crippen LogP contribution in [0, 0.1) is 0 Å². The van der Waals surface area contributed by atoms with Gasteiger partial charge in [-0.3, -0.25) is 0 Å². The zero-order valence-electron chi connectivity index (χ0n) is 15.7. The maximum Gasteiger partial charge on any atom is 0.0530 e. The van der Waals surface area contributed by atoms with Gasteiger partial charge in [-0.25, -0.2) is 0 Å². The van der Waals surface area contributed by atoms with E-state index in [1.54, 1.807) is 0 Å². The summed E-state index contributed by atoms with van der Waals surface area (Å²) in [4.78, 5) is 0. The summed E-state index contributed by atoms with van der Waals surface area (Å²) in [6.45, 7) is 2.61. The highest BCUT2D eigenvalue weighted by molar-refractivity contribution is 8.76. The number of aliphatic hydroxyl groups excluding tert-OH is 1. The summed E-state index contributed by atoms with van der Waals surface area (Å²) in [5.74, 6) is 2.13. The average Bonchev–Trinajstić information content (AvgIpc) is 2.57. The van der Waals surface area contributed by atoms with Crippen molar-refractivity contribution in [3.8, 4) is 0 Å². The summed E-state index contributed by atoms with van der Waals surface area (Å²) in [6.07, 6.45) is 23.0. The van der Waals surface area contributed by atoms with Gasteiger partial charge in [-0.15, -0.1) is 0 Å². The molecule has 0 unspecified atom stereocenters. The molecule has 0 spiro atoms. The summed E-state index contributed by atoms with van der Waals surface area (Å²) >= 11 is 0. The van der Waals surface area contributed by atoms with Crippen LogP contribution in [0.1, 0.15) is 110 Å². The predicted octanol–water partition coefficient (Wildman–Crippen LogP) is 7.62. The largest absolute Gasteiger partial charge is 0.395 e. The Bertz CT molecular complexity index is 180. The zero-order chi connectivity index (χ0) is 16.8. The number of hydrogen-bond acceptors (Lipinski definition) is 3. The Labute approximate surface area is 154 Å². The Kier molecular flexibility index (Phi) is 23.3. The van der Waals surface area contributed by atoms with Gasteiger partial charge in [-0.1, -0.05) is 125 Å². The van der Waals surface area contributed by atoms with Crippen LogP contribution in [0.25, 0.3) is 0 Å². The van der Waals surface area contributed by atoms with Gasteiger partial charge in [0.2, 0.25) is 0 Å². The minimum atomic E-state index is 0.316. The summed E-state index contributed by atoms with van der Waals surface area (Å²) < 4.78 is 0. The van der Waals surface area contributed by atoms with E-state index in [4.69, 9.17) is 5.11 Å². The molecular weight excluding hydrogens is 320 g/mol. The molecule has 0 amide bonds. The van der Waals surface area contributed by atoms with Crippen LogP contribution < -0.4 is 0 Å². The molecule has 0 aliphatic heterocycles. The molecule has 0 fully saturated rings. The van der Waals surface area contributed by atoms with Crippen LogP contribution in [0.5, 0.6) is 0 Å². The lowest BCUT2D eigenvalue weighted by Crippen LogP contribution is -1.85. The van der Waals surface area contributed by atoms with Crippen molar-refractivity contribution in [2.24, 2.45) is 0 Å². The third-order valence-corrected chi connectivity index (χ3v) is 6.81. The maximum atomic E-state index is 8.68. The molecule has 0 radical (unpaired) electrons. The van der Waals surface area contributed by atoms with E-state index < -0.39 is 0 Å². The van der Waals surface area contributed by atoms with Crippen LogP contribution in [0.15, 0.2) is 0 Å². The highest BCUT2D eigenvalue weighted by Crippen LogP contribution is 2.22. The second-order valence-electron chi connectivity index (χ2n) is 6.67. The monoisotopic (exact) mass is 362 g/mol. The molecule has 0 aliphatic carbocycles. The van der Waals surface area contributed by atoms with E-state index in [0.717, 1.165) is 5.75 Å². The van der Waals surface area contributed by atoms with E-state index >= 15 is 0 Å². The van der Waals surface area contributed by atoms with Crippen LogP contribution in [-0.4, -0.2) is 23.2 Å². The highest BCUT2D eigenvalue weighted by Gasteiger charge is 1.95. The van der Waals surface area contributed by atoms with Crippen LogP contribution in [0.2, 0.25) is 0 Å². The van der Waals surface area contributed by atoms with Crippen molar-refractivity contribution in [1.82, 2.24) is 0 Å². The van der Waals surface area contributed by atoms with Crippen LogP contribution in [0.4, 0.5) is 0 Å². The lowest BCUT2D eigenvalue weighted by atomic mass is 10.0. The summed E-state index contributed by atoms with van der Waals surface area (Å²) in [5.41, 5.74) is 0. The number of unbranched alkanes of at least 4 members (excludes halogenated alkanes) is 15. The number of rotatable bonds is 20. The molecule has 23 heavy (non-hydrogen) atoms. The van der Waals surface area contributed by atoms with Crippen molar-refractivity contribution >= 4 is 21.6 Å². The zero-order valence-corrected chi connectivity index (χ0v) is 17.3. The van der Waals surface area contributed by atoms with Crippen molar-refractivity contribution in [3.63, 3.8) is 0 Å². The molecule has 0 rings (SSSR count). The topological polar surface area (TPSA) is 20.2 Å². The van der Waals surface area contributed by atoms with Crippen molar-refractivity contribution in [3.05, 3.63) is 0 Å². The van der Waals surface area contributed by atoms with E-state index in [9.17, 15) is 0 Å². The van der Waals surface area contributed by atoms with Crippen LogP contribution >= 0.6 is 21.6 Å². The first-order valence-electron chi connectivity index (χ1n) is 10.3. The fraction of sp³-hybridized carbons (Fsp3) is 1.00. The molecule has 0 saturated carbocycles. The van der Waals surface area contributed by atoms with Gasteiger partial charge in [0, 0.05) is 11.5 Å². The Morgan fingerprint density at radius 2 is 0.826 bits per heavy atom. The highest BCUT2D eigenvalue weighted by atomic mass is 33.1. The molecule has 0 saturated heterocycles. The van der Waals surface area contributed by atoms with Crippen molar-refractivity contribution in [1.29, 1.82) is 0 Å².